The Labute approximate surface area is 143 Å². The molecule has 0 N–H and O–H groups in total. The van der Waals surface area contributed by atoms with Gasteiger partial charge in [0.25, 0.3) is 0 Å². The van der Waals surface area contributed by atoms with Crippen molar-refractivity contribution >= 4 is 23.9 Å². The third kappa shape index (κ3) is 6.78. The van der Waals surface area contributed by atoms with Gasteiger partial charge < -0.3 is 0 Å². The Hall–Kier alpha value is 1.58. The van der Waals surface area contributed by atoms with Gasteiger partial charge in [0.2, 0.25) is 0 Å². The van der Waals surface area contributed by atoms with Crippen molar-refractivity contribution in [3.8, 4) is 0 Å². The minimum atomic E-state index is -1.11. The molecule has 0 nitrogen and oxygen atoms in total. The van der Waals surface area contributed by atoms with Crippen LogP contribution in [-0.2, 0) is 16.8 Å². The van der Waals surface area contributed by atoms with Crippen LogP contribution in [0.3, 0.4) is 0 Å². The van der Waals surface area contributed by atoms with E-state index in [0.29, 0.717) is 0 Å². The molecular weight excluding hydrogens is 341 g/mol. The van der Waals surface area contributed by atoms with Crippen molar-refractivity contribution in [2.45, 2.75) is 103 Å². The summed E-state index contributed by atoms with van der Waals surface area (Å²) in [6, 6.07) is 0. The molecule has 0 aromatic heterocycles. The molecule has 0 unspecified atom stereocenters. The smallest absolute Gasteiger partial charge is 0.0571 e. The van der Waals surface area contributed by atoms with Gasteiger partial charge in [-0.1, -0.05) is 90.9 Å². The summed E-state index contributed by atoms with van der Waals surface area (Å²) in [5.41, 5.74) is 3.53. The van der Waals surface area contributed by atoms with Gasteiger partial charge in [-0.3, -0.25) is 0 Å². The first-order valence-corrected chi connectivity index (χ1v) is 14.6. The minimum absolute atomic E-state index is 0. The summed E-state index contributed by atoms with van der Waals surface area (Å²) in [6.07, 6.45) is 0. The van der Waals surface area contributed by atoms with Gasteiger partial charge in [0.05, 0.1) is 8.07 Å². The molecule has 0 aromatic rings. The third-order valence-electron chi connectivity index (χ3n) is 3.72. The maximum absolute atomic E-state index is 2.62. The quantitative estimate of drug-likeness (QED) is 0.338. The zero-order valence-electron chi connectivity index (χ0n) is 15.6. The van der Waals surface area contributed by atoms with Crippen LogP contribution in [0.2, 0.25) is 19.6 Å². The van der Waals surface area contributed by atoms with Crippen molar-refractivity contribution in [3.63, 3.8) is 0 Å². The van der Waals surface area contributed by atoms with Gasteiger partial charge in [0, 0.05) is 16.8 Å². The van der Waals surface area contributed by atoms with Crippen LogP contribution in [0, 0.1) is 0 Å². The monoisotopic (exact) mass is 379 g/mol. The van der Waals surface area contributed by atoms with E-state index >= 15 is 0 Å². The first kappa shape index (κ1) is 23.8. The molecule has 0 atom stereocenters. The van der Waals surface area contributed by atoms with Crippen molar-refractivity contribution in [1.82, 2.24) is 0 Å². The molecule has 0 bridgehead atoms. The Morgan fingerprint density at radius 1 is 0.550 bits per heavy atom. The molecule has 0 spiro atoms. The molecule has 0 aliphatic carbocycles. The summed E-state index contributed by atoms with van der Waals surface area (Å²) < 4.78 is 0. The van der Waals surface area contributed by atoms with E-state index in [4.69, 9.17) is 0 Å². The van der Waals surface area contributed by atoms with Gasteiger partial charge in [-0.2, -0.15) is 0 Å². The van der Waals surface area contributed by atoms with Gasteiger partial charge in [0.1, 0.15) is 0 Å². The maximum atomic E-state index is 2.62. The molecule has 0 aromatic carbocycles. The van der Waals surface area contributed by atoms with Crippen LogP contribution in [0.25, 0.3) is 0 Å². The topological polar surface area (TPSA) is 0 Å². The van der Waals surface area contributed by atoms with Crippen LogP contribution in [0.1, 0.15) is 55.4 Å². The summed E-state index contributed by atoms with van der Waals surface area (Å²) in [6.45, 7) is 27.7. The molecule has 0 saturated carbocycles. The molecule has 0 amide bonds. The SMILES string of the molecule is CC(C)P(C(C)C)C(P(C(C)C)C(C)C)[Si](C)(C)C.[Co]. The first-order valence-electron chi connectivity index (χ1n) is 7.96. The fourth-order valence-corrected chi connectivity index (χ4v) is 23.2. The molecule has 0 saturated heterocycles. The molecule has 4 heteroatoms. The van der Waals surface area contributed by atoms with E-state index in [2.05, 4.69) is 75.0 Å². The number of rotatable bonds is 7. The Morgan fingerprint density at radius 2 is 0.750 bits per heavy atom. The zero-order chi connectivity index (χ0) is 15.5. The van der Waals surface area contributed by atoms with E-state index < -0.39 is 8.07 Å². The Kier molecular flexibility index (Phi) is 11.5. The van der Waals surface area contributed by atoms with Crippen molar-refractivity contribution < 1.29 is 16.8 Å². The molecule has 0 fully saturated rings. The average Bonchev–Trinajstić information content (AvgIpc) is 2.12. The van der Waals surface area contributed by atoms with Crippen molar-refractivity contribution in [2.24, 2.45) is 0 Å². The number of hydrogen-bond acceptors (Lipinski definition) is 0. The number of hydrogen-bond donors (Lipinski definition) is 0. The molecule has 0 aliphatic rings. The van der Waals surface area contributed by atoms with Gasteiger partial charge in [-0.15, -0.1) is 0 Å². The van der Waals surface area contributed by atoms with E-state index in [1.807, 2.05) is 0 Å². The molecular formula is C16H38CoP2Si. The van der Waals surface area contributed by atoms with Crippen LogP contribution in [-0.4, -0.2) is 35.7 Å². The van der Waals surface area contributed by atoms with Crippen molar-refractivity contribution in [1.29, 1.82) is 0 Å². The van der Waals surface area contributed by atoms with Gasteiger partial charge in [0.15, 0.2) is 0 Å². The predicted octanol–water partition coefficient (Wildman–Crippen LogP) is 6.78. The van der Waals surface area contributed by atoms with Crippen LogP contribution in [0.15, 0.2) is 0 Å². The third-order valence-corrected chi connectivity index (χ3v) is 19.2. The van der Waals surface area contributed by atoms with Crippen LogP contribution in [0.4, 0.5) is 0 Å². The maximum Gasteiger partial charge on any atom is 0.0571 e. The molecule has 1 radical (unpaired) electrons. The van der Waals surface area contributed by atoms with E-state index in [-0.39, 0.29) is 32.6 Å². The van der Waals surface area contributed by atoms with Gasteiger partial charge >= 0.3 is 0 Å². The summed E-state index contributed by atoms with van der Waals surface area (Å²) >= 11 is 0. The predicted molar refractivity (Wildman–Crippen MR) is 102 cm³/mol. The van der Waals surface area contributed by atoms with Crippen LogP contribution < -0.4 is 0 Å². The van der Waals surface area contributed by atoms with Gasteiger partial charge in [-0.25, -0.2) is 0 Å². The van der Waals surface area contributed by atoms with Crippen molar-refractivity contribution in [2.75, 3.05) is 0 Å². The molecule has 125 valence electrons. The summed E-state index contributed by atoms with van der Waals surface area (Å²) in [5, 5.41) is 1.07. The molecule has 0 rings (SSSR count). The molecule has 20 heavy (non-hydrogen) atoms. The van der Waals surface area contributed by atoms with E-state index in [0.717, 1.165) is 27.7 Å². The van der Waals surface area contributed by atoms with E-state index in [9.17, 15) is 0 Å². The fraction of sp³-hybridized carbons (Fsp3) is 1.00. The van der Waals surface area contributed by atoms with E-state index in [1.165, 1.54) is 0 Å². The first-order chi connectivity index (χ1) is 8.41. The zero-order valence-corrected chi connectivity index (χ0v) is 19.4. The summed E-state index contributed by atoms with van der Waals surface area (Å²) in [5.74, 6) is 0. The molecule has 0 heterocycles. The molecule has 0 aliphatic heterocycles. The minimum Gasteiger partial charge on any atom is -0.0967 e. The summed E-state index contributed by atoms with van der Waals surface area (Å²) in [4.78, 5) is 0. The van der Waals surface area contributed by atoms with Crippen molar-refractivity contribution in [3.05, 3.63) is 0 Å². The van der Waals surface area contributed by atoms with E-state index in [1.54, 1.807) is 0 Å². The Balaban J connectivity index is 0. The van der Waals surface area contributed by atoms with Crippen LogP contribution >= 0.6 is 15.8 Å². The second kappa shape index (κ2) is 9.66. The normalized spacial score (nSPS) is 13.5. The largest absolute Gasteiger partial charge is 0.0967 e. The standard InChI is InChI=1S/C16H38P2Si.Co/c1-12(2)17(13(3)4)16(19(9,10)11)18(14(5)6)15(7)8;/h12-16H,1-11H3;. The average molecular weight is 379 g/mol. The fourth-order valence-electron chi connectivity index (χ4n) is 3.37. The second-order valence-corrected chi connectivity index (χ2v) is 21.7. The summed E-state index contributed by atoms with van der Waals surface area (Å²) in [7, 11) is -0.794. The Morgan fingerprint density at radius 3 is 0.850 bits per heavy atom. The Bertz CT molecular complexity index is 224. The van der Waals surface area contributed by atoms with Gasteiger partial charge in [-0.05, 0) is 27.7 Å². The second-order valence-electron chi connectivity index (χ2n) is 8.01. The van der Waals surface area contributed by atoms with Crippen LogP contribution in [0.5, 0.6) is 0 Å².